The van der Waals surface area contributed by atoms with Crippen LogP contribution >= 0.6 is 0 Å². The summed E-state index contributed by atoms with van der Waals surface area (Å²) in [6, 6.07) is 6.98. The summed E-state index contributed by atoms with van der Waals surface area (Å²) in [7, 11) is 0. The fourth-order valence-electron chi connectivity index (χ4n) is 3.36. The number of amides is 1. The lowest BCUT2D eigenvalue weighted by atomic mass is 9.91. The fourth-order valence-corrected chi connectivity index (χ4v) is 3.36. The van der Waals surface area contributed by atoms with Crippen molar-refractivity contribution in [3.63, 3.8) is 0 Å². The van der Waals surface area contributed by atoms with Crippen molar-refractivity contribution in [2.75, 3.05) is 6.54 Å². The second kappa shape index (κ2) is 7.25. The van der Waals surface area contributed by atoms with Crippen LogP contribution in [0.3, 0.4) is 0 Å². The van der Waals surface area contributed by atoms with Crippen molar-refractivity contribution in [1.82, 2.24) is 14.7 Å². The topological polar surface area (TPSA) is 68.3 Å². The number of likely N-dealkylation sites (tertiary alicyclic amines) is 1. The van der Waals surface area contributed by atoms with E-state index in [9.17, 15) is 9.59 Å². The normalized spacial score (nSPS) is 20.7. The van der Waals surface area contributed by atoms with Crippen molar-refractivity contribution < 1.29 is 9.21 Å². The molecule has 6 heteroatoms. The molecule has 0 aliphatic carbocycles. The number of furan rings is 1. The van der Waals surface area contributed by atoms with Crippen LogP contribution in [0.2, 0.25) is 0 Å². The zero-order valence-corrected chi connectivity index (χ0v) is 15.1. The Morgan fingerprint density at radius 3 is 2.84 bits per heavy atom. The fraction of sp³-hybridized carbons (Fsp3) is 0.526. The highest BCUT2D eigenvalue weighted by atomic mass is 16.3. The summed E-state index contributed by atoms with van der Waals surface area (Å²) in [5.41, 5.74) is 0.460. The van der Waals surface area contributed by atoms with Crippen molar-refractivity contribution in [1.29, 1.82) is 0 Å². The molecule has 0 radical (unpaired) electrons. The average molecular weight is 343 g/mol. The number of hydrogen-bond donors (Lipinski definition) is 0. The maximum absolute atomic E-state index is 12.9. The number of hydrogen-bond acceptors (Lipinski definition) is 4. The number of aryl methyl sites for hydroxylation is 2. The zero-order valence-electron chi connectivity index (χ0n) is 15.1. The van der Waals surface area contributed by atoms with Crippen LogP contribution in [0.1, 0.15) is 49.9 Å². The van der Waals surface area contributed by atoms with Crippen LogP contribution in [-0.4, -0.2) is 27.1 Å². The number of piperidine rings is 1. The molecule has 0 N–H and O–H groups in total. The van der Waals surface area contributed by atoms with Crippen LogP contribution in [-0.2, 0) is 17.8 Å². The molecular weight excluding hydrogens is 318 g/mol. The van der Waals surface area contributed by atoms with Gasteiger partial charge in [0, 0.05) is 19.0 Å². The minimum Gasteiger partial charge on any atom is -0.464 e. The number of nitrogens with zero attached hydrogens (tertiary/aromatic N) is 3. The van der Waals surface area contributed by atoms with E-state index >= 15 is 0 Å². The van der Waals surface area contributed by atoms with E-state index in [-0.39, 0.29) is 24.1 Å². The van der Waals surface area contributed by atoms with Crippen LogP contribution in [0.15, 0.2) is 33.5 Å². The van der Waals surface area contributed by atoms with Gasteiger partial charge in [-0.15, -0.1) is 0 Å². The lowest BCUT2D eigenvalue weighted by Crippen LogP contribution is -2.43. The Hall–Kier alpha value is -2.37. The summed E-state index contributed by atoms with van der Waals surface area (Å²) in [6.07, 6.45) is 2.66. The number of aromatic nitrogens is 2. The van der Waals surface area contributed by atoms with Gasteiger partial charge in [0.1, 0.15) is 18.1 Å². The molecule has 134 valence electrons. The zero-order chi connectivity index (χ0) is 18.0. The SMILES string of the molecule is CCc1ccc([C@@H]2C[C@H](C)CCN2C(=O)Cn2nc(C)ccc2=O)o1. The summed E-state index contributed by atoms with van der Waals surface area (Å²) in [4.78, 5) is 26.7. The van der Waals surface area contributed by atoms with Crippen molar-refractivity contribution in [3.05, 3.63) is 51.8 Å². The summed E-state index contributed by atoms with van der Waals surface area (Å²) < 4.78 is 7.16. The molecule has 0 saturated carbocycles. The standard InChI is InChI=1S/C19H25N3O3/c1-4-15-6-7-17(25-15)16-11-13(2)9-10-21(16)19(24)12-22-18(23)8-5-14(3)20-22/h5-8,13,16H,4,9-12H2,1-3H3/t13-,16+/m1/s1. The summed E-state index contributed by atoms with van der Waals surface area (Å²) >= 11 is 0. The monoisotopic (exact) mass is 343 g/mol. The van der Waals surface area contributed by atoms with Crippen LogP contribution in [0.5, 0.6) is 0 Å². The smallest absolute Gasteiger partial charge is 0.267 e. The van der Waals surface area contributed by atoms with Crippen molar-refractivity contribution in [2.24, 2.45) is 5.92 Å². The van der Waals surface area contributed by atoms with Gasteiger partial charge >= 0.3 is 0 Å². The van der Waals surface area contributed by atoms with Crippen molar-refractivity contribution >= 4 is 5.91 Å². The van der Waals surface area contributed by atoms with Crippen LogP contribution in [0.25, 0.3) is 0 Å². The Bertz CT molecular complexity index is 808. The number of rotatable bonds is 4. The highest BCUT2D eigenvalue weighted by molar-refractivity contribution is 5.76. The van der Waals surface area contributed by atoms with Gasteiger partial charge in [-0.3, -0.25) is 9.59 Å². The first-order valence-electron chi connectivity index (χ1n) is 8.90. The first-order valence-corrected chi connectivity index (χ1v) is 8.90. The van der Waals surface area contributed by atoms with E-state index in [4.69, 9.17) is 4.42 Å². The van der Waals surface area contributed by atoms with E-state index in [0.717, 1.165) is 36.5 Å². The molecule has 3 heterocycles. The minimum absolute atomic E-state index is 0.0350. The van der Waals surface area contributed by atoms with E-state index in [1.807, 2.05) is 24.0 Å². The molecule has 3 rings (SSSR count). The highest BCUT2D eigenvalue weighted by Gasteiger charge is 2.33. The molecule has 25 heavy (non-hydrogen) atoms. The van der Waals surface area contributed by atoms with E-state index in [0.29, 0.717) is 12.5 Å². The maximum atomic E-state index is 12.9. The van der Waals surface area contributed by atoms with E-state index in [1.165, 1.54) is 10.7 Å². The third kappa shape index (κ3) is 3.83. The minimum atomic E-state index is -0.257. The summed E-state index contributed by atoms with van der Waals surface area (Å²) in [6.45, 7) is 6.69. The third-order valence-electron chi connectivity index (χ3n) is 4.83. The Morgan fingerprint density at radius 2 is 2.12 bits per heavy atom. The molecule has 6 nitrogen and oxygen atoms in total. The van der Waals surface area contributed by atoms with Crippen LogP contribution in [0.4, 0.5) is 0 Å². The predicted molar refractivity (Wildman–Crippen MR) is 94.2 cm³/mol. The van der Waals surface area contributed by atoms with Gasteiger partial charge in [0.05, 0.1) is 11.7 Å². The average Bonchev–Trinajstić information content (AvgIpc) is 3.07. The van der Waals surface area contributed by atoms with Gasteiger partial charge in [0.2, 0.25) is 5.91 Å². The van der Waals surface area contributed by atoms with Gasteiger partial charge in [-0.1, -0.05) is 13.8 Å². The molecular formula is C19H25N3O3. The van der Waals surface area contributed by atoms with Gasteiger partial charge in [0.15, 0.2) is 0 Å². The molecule has 2 atom stereocenters. The molecule has 1 aliphatic heterocycles. The first kappa shape index (κ1) is 17.5. The molecule has 1 amide bonds. The van der Waals surface area contributed by atoms with E-state index in [2.05, 4.69) is 12.0 Å². The molecule has 1 saturated heterocycles. The Morgan fingerprint density at radius 1 is 1.32 bits per heavy atom. The van der Waals surface area contributed by atoms with E-state index < -0.39 is 0 Å². The number of carbonyl (C=O) groups is 1. The Kier molecular flexibility index (Phi) is 5.06. The van der Waals surface area contributed by atoms with Gasteiger partial charge < -0.3 is 9.32 Å². The molecule has 0 bridgehead atoms. The van der Waals surface area contributed by atoms with Gasteiger partial charge in [-0.05, 0) is 43.9 Å². The first-order chi connectivity index (χ1) is 12.0. The summed E-state index contributed by atoms with van der Waals surface area (Å²) in [5, 5.41) is 4.17. The van der Waals surface area contributed by atoms with Crippen LogP contribution in [0, 0.1) is 12.8 Å². The van der Waals surface area contributed by atoms with Crippen LogP contribution < -0.4 is 5.56 Å². The molecule has 0 unspecified atom stereocenters. The molecule has 1 aliphatic rings. The predicted octanol–water partition coefficient (Wildman–Crippen LogP) is 2.71. The van der Waals surface area contributed by atoms with Crippen molar-refractivity contribution in [3.8, 4) is 0 Å². The van der Waals surface area contributed by atoms with Gasteiger partial charge in [-0.2, -0.15) is 5.10 Å². The van der Waals surface area contributed by atoms with Gasteiger partial charge in [0.25, 0.3) is 5.56 Å². The largest absolute Gasteiger partial charge is 0.464 e. The number of carbonyl (C=O) groups excluding carboxylic acids is 1. The lowest BCUT2D eigenvalue weighted by Gasteiger charge is -2.37. The second-order valence-electron chi connectivity index (χ2n) is 6.86. The molecule has 0 spiro atoms. The third-order valence-corrected chi connectivity index (χ3v) is 4.83. The van der Waals surface area contributed by atoms with Gasteiger partial charge in [-0.25, -0.2) is 4.68 Å². The highest BCUT2D eigenvalue weighted by Crippen LogP contribution is 2.35. The summed E-state index contributed by atoms with van der Waals surface area (Å²) in [5.74, 6) is 2.20. The van der Waals surface area contributed by atoms with Crippen molar-refractivity contribution in [2.45, 2.75) is 52.6 Å². The lowest BCUT2D eigenvalue weighted by molar-refractivity contribution is -0.137. The molecule has 1 fully saturated rings. The molecule has 2 aromatic heterocycles. The molecule has 2 aromatic rings. The molecule has 0 aromatic carbocycles. The maximum Gasteiger partial charge on any atom is 0.267 e. The Balaban J connectivity index is 1.83. The van der Waals surface area contributed by atoms with E-state index in [1.54, 1.807) is 13.0 Å². The Labute approximate surface area is 147 Å². The quantitative estimate of drug-likeness (QED) is 0.856. The second-order valence-corrected chi connectivity index (χ2v) is 6.86.